The first-order chi connectivity index (χ1) is 8.92. The SMILES string of the molecule is OCCCN(CCc1ccccc1Cl)CC(F)(F)F. The molecule has 1 N–H and O–H groups in total. The van der Waals surface area contributed by atoms with Crippen molar-refractivity contribution < 1.29 is 18.3 Å². The van der Waals surface area contributed by atoms with Crippen LogP contribution in [0.1, 0.15) is 12.0 Å². The second-order valence-electron chi connectivity index (χ2n) is 4.31. The molecule has 2 nitrogen and oxygen atoms in total. The summed E-state index contributed by atoms with van der Waals surface area (Å²) in [6.45, 7) is -0.582. The van der Waals surface area contributed by atoms with Crippen molar-refractivity contribution >= 4 is 11.6 Å². The summed E-state index contributed by atoms with van der Waals surface area (Å²) in [5.74, 6) is 0. The van der Waals surface area contributed by atoms with Gasteiger partial charge in [-0.1, -0.05) is 29.8 Å². The van der Waals surface area contributed by atoms with Crippen molar-refractivity contribution in [1.82, 2.24) is 4.90 Å². The van der Waals surface area contributed by atoms with Gasteiger partial charge in [0.15, 0.2) is 0 Å². The van der Waals surface area contributed by atoms with Crippen LogP contribution in [0.4, 0.5) is 13.2 Å². The number of hydrogen-bond donors (Lipinski definition) is 1. The van der Waals surface area contributed by atoms with Crippen molar-refractivity contribution in [3.8, 4) is 0 Å². The molecule has 0 fully saturated rings. The lowest BCUT2D eigenvalue weighted by atomic mass is 10.1. The summed E-state index contributed by atoms with van der Waals surface area (Å²) in [6.07, 6.45) is -3.43. The summed E-state index contributed by atoms with van der Waals surface area (Å²) in [4.78, 5) is 1.29. The molecule has 0 saturated carbocycles. The minimum atomic E-state index is -4.23. The average Bonchev–Trinajstić information content (AvgIpc) is 2.33. The minimum Gasteiger partial charge on any atom is -0.396 e. The fourth-order valence-electron chi connectivity index (χ4n) is 1.80. The molecule has 0 aliphatic heterocycles. The Morgan fingerprint density at radius 3 is 2.42 bits per heavy atom. The molecule has 108 valence electrons. The van der Waals surface area contributed by atoms with Gasteiger partial charge in [0.1, 0.15) is 0 Å². The molecule has 0 spiro atoms. The van der Waals surface area contributed by atoms with Gasteiger partial charge in [0, 0.05) is 24.7 Å². The van der Waals surface area contributed by atoms with Crippen LogP contribution in [0.5, 0.6) is 0 Å². The van der Waals surface area contributed by atoms with Gasteiger partial charge in [0.25, 0.3) is 0 Å². The maximum atomic E-state index is 12.4. The molecular formula is C13H17ClF3NO. The van der Waals surface area contributed by atoms with Gasteiger partial charge in [0.05, 0.1) is 6.54 Å². The van der Waals surface area contributed by atoms with E-state index >= 15 is 0 Å². The Labute approximate surface area is 115 Å². The predicted octanol–water partition coefficient (Wildman–Crippen LogP) is 3.13. The number of halogens is 4. The summed E-state index contributed by atoms with van der Waals surface area (Å²) < 4.78 is 37.2. The highest BCUT2D eigenvalue weighted by Gasteiger charge is 2.30. The molecular weight excluding hydrogens is 279 g/mol. The molecule has 0 aromatic heterocycles. The van der Waals surface area contributed by atoms with Crippen LogP contribution in [0.25, 0.3) is 0 Å². The fraction of sp³-hybridized carbons (Fsp3) is 0.538. The topological polar surface area (TPSA) is 23.5 Å². The van der Waals surface area contributed by atoms with Gasteiger partial charge >= 0.3 is 6.18 Å². The molecule has 0 aliphatic carbocycles. The Balaban J connectivity index is 2.55. The molecule has 0 aliphatic rings. The van der Waals surface area contributed by atoms with Crippen LogP contribution in [-0.4, -0.2) is 42.4 Å². The molecule has 1 aromatic carbocycles. The van der Waals surface area contributed by atoms with Crippen molar-refractivity contribution in [2.24, 2.45) is 0 Å². The van der Waals surface area contributed by atoms with Gasteiger partial charge in [-0.15, -0.1) is 0 Å². The maximum Gasteiger partial charge on any atom is 0.401 e. The van der Waals surface area contributed by atoms with Gasteiger partial charge in [-0.25, -0.2) is 0 Å². The second-order valence-corrected chi connectivity index (χ2v) is 4.72. The van der Waals surface area contributed by atoms with E-state index in [0.717, 1.165) is 5.56 Å². The average molecular weight is 296 g/mol. The van der Waals surface area contributed by atoms with E-state index in [9.17, 15) is 13.2 Å². The second kappa shape index (κ2) is 7.72. The van der Waals surface area contributed by atoms with Crippen molar-refractivity contribution in [2.45, 2.75) is 19.0 Å². The number of aliphatic hydroxyl groups excluding tert-OH is 1. The van der Waals surface area contributed by atoms with Gasteiger partial charge in [-0.3, -0.25) is 4.90 Å². The Morgan fingerprint density at radius 2 is 1.84 bits per heavy atom. The van der Waals surface area contributed by atoms with E-state index < -0.39 is 12.7 Å². The molecule has 0 bridgehead atoms. The lowest BCUT2D eigenvalue weighted by molar-refractivity contribution is -0.146. The van der Waals surface area contributed by atoms with Crippen molar-refractivity contribution in [2.75, 3.05) is 26.2 Å². The minimum absolute atomic E-state index is 0.111. The van der Waals surface area contributed by atoms with E-state index in [1.165, 1.54) is 4.90 Å². The summed E-state index contributed by atoms with van der Waals surface area (Å²) in [7, 11) is 0. The first-order valence-electron chi connectivity index (χ1n) is 6.06. The lowest BCUT2D eigenvalue weighted by Crippen LogP contribution is -2.36. The predicted molar refractivity (Wildman–Crippen MR) is 69.4 cm³/mol. The molecule has 0 saturated heterocycles. The number of benzene rings is 1. The van der Waals surface area contributed by atoms with E-state index in [0.29, 0.717) is 17.9 Å². The summed E-state index contributed by atoms with van der Waals surface area (Å²) in [5, 5.41) is 9.28. The van der Waals surface area contributed by atoms with Gasteiger partial charge in [0.2, 0.25) is 0 Å². The smallest absolute Gasteiger partial charge is 0.396 e. The Kier molecular flexibility index (Phi) is 6.62. The van der Waals surface area contributed by atoms with Gasteiger partial charge in [-0.2, -0.15) is 13.2 Å². The number of rotatable bonds is 7. The molecule has 0 unspecified atom stereocenters. The zero-order chi connectivity index (χ0) is 14.3. The molecule has 19 heavy (non-hydrogen) atoms. The van der Waals surface area contributed by atoms with Crippen LogP contribution in [0.2, 0.25) is 5.02 Å². The number of hydrogen-bond acceptors (Lipinski definition) is 2. The third-order valence-electron chi connectivity index (χ3n) is 2.69. The quantitative estimate of drug-likeness (QED) is 0.835. The number of nitrogens with zero attached hydrogens (tertiary/aromatic N) is 1. The Hall–Kier alpha value is -0.780. The zero-order valence-corrected chi connectivity index (χ0v) is 11.2. The van der Waals surface area contributed by atoms with Gasteiger partial charge < -0.3 is 5.11 Å². The van der Waals surface area contributed by atoms with Crippen molar-refractivity contribution in [3.05, 3.63) is 34.9 Å². The third-order valence-corrected chi connectivity index (χ3v) is 3.06. The molecule has 0 radical (unpaired) electrons. The maximum absolute atomic E-state index is 12.4. The number of aliphatic hydroxyl groups is 1. The molecule has 0 heterocycles. The van der Waals surface area contributed by atoms with Crippen LogP contribution in [0.3, 0.4) is 0 Å². The van der Waals surface area contributed by atoms with E-state index in [2.05, 4.69) is 0 Å². The van der Waals surface area contributed by atoms with Crippen molar-refractivity contribution in [1.29, 1.82) is 0 Å². The molecule has 6 heteroatoms. The highest BCUT2D eigenvalue weighted by Crippen LogP contribution is 2.19. The lowest BCUT2D eigenvalue weighted by Gasteiger charge is -2.23. The summed E-state index contributed by atoms with van der Waals surface area (Å²) in [6, 6.07) is 7.12. The van der Waals surface area contributed by atoms with E-state index in [4.69, 9.17) is 16.7 Å². The van der Waals surface area contributed by atoms with E-state index in [1.54, 1.807) is 18.2 Å². The van der Waals surface area contributed by atoms with Crippen LogP contribution in [0.15, 0.2) is 24.3 Å². The van der Waals surface area contributed by atoms with Gasteiger partial charge in [-0.05, 0) is 24.5 Å². The Morgan fingerprint density at radius 1 is 1.16 bits per heavy atom. The Bertz CT molecular complexity index is 384. The first kappa shape index (κ1) is 16.3. The van der Waals surface area contributed by atoms with Crippen molar-refractivity contribution in [3.63, 3.8) is 0 Å². The monoisotopic (exact) mass is 295 g/mol. The normalized spacial score (nSPS) is 12.1. The first-order valence-corrected chi connectivity index (χ1v) is 6.43. The highest BCUT2D eigenvalue weighted by atomic mass is 35.5. The van der Waals surface area contributed by atoms with Crippen LogP contribution >= 0.6 is 11.6 Å². The van der Waals surface area contributed by atoms with E-state index in [-0.39, 0.29) is 19.7 Å². The summed E-state index contributed by atoms with van der Waals surface area (Å²) >= 11 is 5.96. The summed E-state index contributed by atoms with van der Waals surface area (Å²) in [5.41, 5.74) is 0.834. The molecule has 0 amide bonds. The standard InChI is InChI=1S/C13H17ClF3NO/c14-12-5-2-1-4-11(12)6-8-18(7-3-9-19)10-13(15,16)17/h1-2,4-5,19H,3,6-10H2. The molecule has 0 atom stereocenters. The zero-order valence-electron chi connectivity index (χ0n) is 10.5. The largest absolute Gasteiger partial charge is 0.401 e. The van der Waals surface area contributed by atoms with E-state index in [1.807, 2.05) is 6.07 Å². The van der Waals surface area contributed by atoms with Crippen LogP contribution < -0.4 is 0 Å². The van der Waals surface area contributed by atoms with Crippen LogP contribution in [-0.2, 0) is 6.42 Å². The molecule has 1 aromatic rings. The highest BCUT2D eigenvalue weighted by molar-refractivity contribution is 6.31. The third kappa shape index (κ3) is 6.80. The van der Waals surface area contributed by atoms with Crippen LogP contribution in [0, 0.1) is 0 Å². The molecule has 1 rings (SSSR count). The fourth-order valence-corrected chi connectivity index (χ4v) is 2.03. The number of alkyl halides is 3.